The minimum absolute atomic E-state index is 0.230. The number of nitrogens with zero attached hydrogens (tertiary/aromatic N) is 2. The number of hydrogen-bond acceptors (Lipinski definition) is 3. The fourth-order valence-electron chi connectivity index (χ4n) is 1.95. The zero-order valence-electron chi connectivity index (χ0n) is 9.75. The van der Waals surface area contributed by atoms with E-state index in [9.17, 15) is 9.50 Å². The lowest BCUT2D eigenvalue weighted by Gasteiger charge is -2.11. The summed E-state index contributed by atoms with van der Waals surface area (Å²) in [6.07, 6.45) is 3.33. The molecule has 0 aliphatic carbocycles. The maximum atomic E-state index is 13.0. The predicted octanol–water partition coefficient (Wildman–Crippen LogP) is 3.46. The van der Waals surface area contributed by atoms with Crippen molar-refractivity contribution in [1.82, 2.24) is 9.38 Å². The van der Waals surface area contributed by atoms with Crippen LogP contribution < -0.4 is 0 Å². The fraction of sp³-hybridized carbons (Fsp3) is 0.154. The van der Waals surface area contributed by atoms with Crippen molar-refractivity contribution in [3.63, 3.8) is 0 Å². The first-order chi connectivity index (χ1) is 9.13. The molecule has 19 heavy (non-hydrogen) atoms. The van der Waals surface area contributed by atoms with Gasteiger partial charge < -0.3 is 5.11 Å². The van der Waals surface area contributed by atoms with Crippen LogP contribution in [-0.4, -0.2) is 14.5 Å². The highest BCUT2D eigenvalue weighted by Gasteiger charge is 2.15. The first-order valence-electron chi connectivity index (χ1n) is 5.67. The molecule has 1 unspecified atom stereocenters. The molecule has 98 valence electrons. The maximum absolute atomic E-state index is 13.0. The Labute approximate surface area is 117 Å². The number of aromatic nitrogens is 2. The molecule has 2 heterocycles. The molecule has 0 fully saturated rings. The maximum Gasteiger partial charge on any atom is 0.193 e. The number of benzene rings is 1. The number of aliphatic hydroxyl groups is 1. The number of halogens is 2. The quantitative estimate of drug-likeness (QED) is 0.803. The minimum atomic E-state index is -0.794. The largest absolute Gasteiger partial charge is 0.388 e. The van der Waals surface area contributed by atoms with E-state index in [1.165, 1.54) is 29.5 Å². The number of thiazole rings is 1. The fourth-order valence-corrected chi connectivity index (χ4v) is 2.97. The second kappa shape index (κ2) is 4.92. The summed E-state index contributed by atoms with van der Waals surface area (Å²) in [5, 5.41) is 12.3. The molecule has 0 amide bonds. The van der Waals surface area contributed by atoms with Crippen molar-refractivity contribution in [3.8, 4) is 0 Å². The van der Waals surface area contributed by atoms with E-state index in [0.29, 0.717) is 12.0 Å². The standard InChI is InChI=1S/C13H10ClFN2OS/c14-11-5-8(15)1-2-10(11)12(18)6-9-7-17-3-4-19-13(17)16-9/h1-5,7,12,18H,6H2. The van der Waals surface area contributed by atoms with Gasteiger partial charge in [-0.15, -0.1) is 11.3 Å². The highest BCUT2D eigenvalue weighted by Crippen LogP contribution is 2.26. The molecule has 0 aliphatic heterocycles. The van der Waals surface area contributed by atoms with Gasteiger partial charge in [0.1, 0.15) is 5.82 Å². The monoisotopic (exact) mass is 296 g/mol. The molecular formula is C13H10ClFN2OS. The Morgan fingerprint density at radius 2 is 2.32 bits per heavy atom. The third kappa shape index (κ3) is 2.49. The third-order valence-corrected chi connectivity index (χ3v) is 3.97. The Kier molecular flexibility index (Phi) is 3.26. The van der Waals surface area contributed by atoms with Crippen molar-refractivity contribution in [1.29, 1.82) is 0 Å². The van der Waals surface area contributed by atoms with Gasteiger partial charge in [0, 0.05) is 29.2 Å². The number of rotatable bonds is 3. The number of imidazole rings is 1. The van der Waals surface area contributed by atoms with Gasteiger partial charge >= 0.3 is 0 Å². The van der Waals surface area contributed by atoms with Crippen LogP contribution in [0.25, 0.3) is 4.96 Å². The summed E-state index contributed by atoms with van der Waals surface area (Å²) in [4.78, 5) is 5.27. The molecular weight excluding hydrogens is 287 g/mol. The smallest absolute Gasteiger partial charge is 0.193 e. The van der Waals surface area contributed by atoms with E-state index in [1.807, 2.05) is 22.2 Å². The van der Waals surface area contributed by atoms with E-state index in [1.54, 1.807) is 0 Å². The molecule has 2 aromatic heterocycles. The van der Waals surface area contributed by atoms with E-state index >= 15 is 0 Å². The zero-order valence-corrected chi connectivity index (χ0v) is 11.3. The average molecular weight is 297 g/mol. The molecule has 0 bridgehead atoms. The van der Waals surface area contributed by atoms with Crippen LogP contribution in [-0.2, 0) is 6.42 Å². The molecule has 3 nitrogen and oxygen atoms in total. The lowest BCUT2D eigenvalue weighted by Crippen LogP contribution is -2.03. The number of fused-ring (bicyclic) bond motifs is 1. The molecule has 1 N–H and O–H groups in total. The van der Waals surface area contributed by atoms with Gasteiger partial charge in [-0.3, -0.25) is 4.40 Å². The summed E-state index contributed by atoms with van der Waals surface area (Å²) in [5.74, 6) is -0.413. The molecule has 0 saturated carbocycles. The summed E-state index contributed by atoms with van der Waals surface area (Å²) < 4.78 is 14.9. The van der Waals surface area contributed by atoms with Crippen molar-refractivity contribution in [2.45, 2.75) is 12.5 Å². The zero-order chi connectivity index (χ0) is 13.4. The van der Waals surface area contributed by atoms with E-state index in [2.05, 4.69) is 4.98 Å². The van der Waals surface area contributed by atoms with Crippen LogP contribution in [0.3, 0.4) is 0 Å². The van der Waals surface area contributed by atoms with Gasteiger partial charge in [0.25, 0.3) is 0 Å². The first kappa shape index (κ1) is 12.6. The summed E-state index contributed by atoms with van der Waals surface area (Å²) in [7, 11) is 0. The minimum Gasteiger partial charge on any atom is -0.388 e. The lowest BCUT2D eigenvalue weighted by molar-refractivity contribution is 0.177. The van der Waals surface area contributed by atoms with Gasteiger partial charge in [-0.25, -0.2) is 9.37 Å². The highest BCUT2D eigenvalue weighted by atomic mass is 35.5. The van der Waals surface area contributed by atoms with Crippen LogP contribution in [0.1, 0.15) is 17.4 Å². The van der Waals surface area contributed by atoms with E-state index < -0.39 is 11.9 Å². The Balaban J connectivity index is 1.84. The highest BCUT2D eigenvalue weighted by molar-refractivity contribution is 7.15. The van der Waals surface area contributed by atoms with Crippen molar-refractivity contribution >= 4 is 27.9 Å². The molecule has 6 heteroatoms. The number of aliphatic hydroxyl groups excluding tert-OH is 1. The SMILES string of the molecule is OC(Cc1cn2ccsc2n1)c1ccc(F)cc1Cl. The summed E-state index contributed by atoms with van der Waals surface area (Å²) in [5.41, 5.74) is 1.29. The molecule has 0 saturated heterocycles. The van der Waals surface area contributed by atoms with Crippen LogP contribution in [0, 0.1) is 5.82 Å². The normalized spacial score (nSPS) is 13.0. The first-order valence-corrected chi connectivity index (χ1v) is 6.93. The summed E-state index contributed by atoms with van der Waals surface area (Å²) >= 11 is 7.46. The van der Waals surface area contributed by atoms with Gasteiger partial charge in [0.2, 0.25) is 0 Å². The van der Waals surface area contributed by atoms with Gasteiger partial charge in [0.05, 0.1) is 11.8 Å². The van der Waals surface area contributed by atoms with E-state index in [4.69, 9.17) is 11.6 Å². The molecule has 0 aliphatic rings. The van der Waals surface area contributed by atoms with Crippen molar-refractivity contribution < 1.29 is 9.50 Å². The van der Waals surface area contributed by atoms with Crippen molar-refractivity contribution in [2.24, 2.45) is 0 Å². The van der Waals surface area contributed by atoms with Crippen molar-refractivity contribution in [2.75, 3.05) is 0 Å². The van der Waals surface area contributed by atoms with Crippen LogP contribution in [0.2, 0.25) is 5.02 Å². The summed E-state index contributed by atoms with van der Waals surface area (Å²) in [6.45, 7) is 0. The van der Waals surface area contributed by atoms with Crippen LogP contribution in [0.5, 0.6) is 0 Å². The summed E-state index contributed by atoms with van der Waals surface area (Å²) in [6, 6.07) is 3.99. The molecule has 0 spiro atoms. The lowest BCUT2D eigenvalue weighted by atomic mass is 10.1. The predicted molar refractivity (Wildman–Crippen MR) is 73.1 cm³/mol. The molecule has 3 aromatic rings. The van der Waals surface area contributed by atoms with Gasteiger partial charge in [0.15, 0.2) is 4.96 Å². The van der Waals surface area contributed by atoms with Crippen LogP contribution in [0.15, 0.2) is 36.0 Å². The topological polar surface area (TPSA) is 37.5 Å². The molecule has 3 rings (SSSR count). The van der Waals surface area contributed by atoms with Crippen molar-refractivity contribution in [3.05, 3.63) is 58.1 Å². The Morgan fingerprint density at radius 1 is 1.47 bits per heavy atom. The average Bonchev–Trinajstić information content (AvgIpc) is 2.89. The molecule has 1 aromatic carbocycles. The Hall–Kier alpha value is -1.43. The van der Waals surface area contributed by atoms with E-state index in [0.717, 1.165) is 10.7 Å². The number of hydrogen-bond donors (Lipinski definition) is 1. The van der Waals surface area contributed by atoms with Gasteiger partial charge in [-0.05, 0) is 17.7 Å². The Morgan fingerprint density at radius 3 is 3.05 bits per heavy atom. The second-order valence-corrected chi connectivity index (χ2v) is 5.49. The molecule has 0 radical (unpaired) electrons. The van der Waals surface area contributed by atoms with Crippen LogP contribution >= 0.6 is 22.9 Å². The molecule has 1 atom stereocenters. The van der Waals surface area contributed by atoms with Crippen LogP contribution in [0.4, 0.5) is 4.39 Å². The van der Waals surface area contributed by atoms with E-state index in [-0.39, 0.29) is 5.02 Å². The Bertz CT molecular complexity index is 696. The third-order valence-electron chi connectivity index (χ3n) is 2.87. The van der Waals surface area contributed by atoms with Gasteiger partial charge in [-0.2, -0.15) is 0 Å². The van der Waals surface area contributed by atoms with Gasteiger partial charge in [-0.1, -0.05) is 17.7 Å². The second-order valence-electron chi connectivity index (χ2n) is 4.21.